The first-order valence-electron chi connectivity index (χ1n) is 4.65. The maximum absolute atomic E-state index is 9.03. The van der Waals surface area contributed by atoms with Crippen LogP contribution in [0.2, 0.25) is 0 Å². The maximum Gasteiger partial charge on any atom is 0.100 e. The Morgan fingerprint density at radius 2 is 2.07 bits per heavy atom. The van der Waals surface area contributed by atoms with E-state index < -0.39 is 6.10 Å². The van der Waals surface area contributed by atoms with Crippen LogP contribution >= 0.6 is 0 Å². The normalized spacial score (nSPS) is 12.8. The summed E-state index contributed by atoms with van der Waals surface area (Å²) in [4.78, 5) is 0. The Morgan fingerprint density at radius 1 is 1.36 bits per heavy atom. The van der Waals surface area contributed by atoms with Crippen LogP contribution in [0, 0.1) is 6.92 Å². The molecule has 0 fully saturated rings. The van der Waals surface area contributed by atoms with Gasteiger partial charge in [-0.2, -0.15) is 0 Å². The van der Waals surface area contributed by atoms with E-state index in [-0.39, 0.29) is 13.2 Å². The molecule has 1 unspecified atom stereocenters. The Balaban J connectivity index is 2.35. The lowest BCUT2D eigenvalue weighted by Crippen LogP contribution is -2.19. The smallest absolute Gasteiger partial charge is 0.100 e. The fourth-order valence-electron chi connectivity index (χ4n) is 1.13. The van der Waals surface area contributed by atoms with E-state index in [0.29, 0.717) is 6.61 Å². The first-order valence-corrected chi connectivity index (χ1v) is 4.65. The topological polar surface area (TPSA) is 49.7 Å². The molecule has 1 rings (SSSR count). The van der Waals surface area contributed by atoms with Gasteiger partial charge in [0.05, 0.1) is 19.8 Å². The predicted molar refractivity (Wildman–Crippen MR) is 53.9 cm³/mol. The van der Waals surface area contributed by atoms with Crippen molar-refractivity contribution < 1.29 is 14.9 Å². The quantitative estimate of drug-likeness (QED) is 0.734. The highest BCUT2D eigenvalue weighted by Crippen LogP contribution is 2.08. The van der Waals surface area contributed by atoms with Gasteiger partial charge in [0.2, 0.25) is 0 Å². The predicted octanol–water partition coefficient (Wildman–Crippen LogP) is 0.865. The number of rotatable bonds is 5. The Hall–Kier alpha value is -0.900. The van der Waals surface area contributed by atoms with E-state index in [4.69, 9.17) is 14.9 Å². The van der Waals surface area contributed by atoms with E-state index in [1.165, 1.54) is 5.56 Å². The fraction of sp³-hybridized carbons (Fsp3) is 0.455. The molecule has 78 valence electrons. The van der Waals surface area contributed by atoms with Gasteiger partial charge in [0.1, 0.15) is 6.10 Å². The SMILES string of the molecule is Cc1ccccc1COCC(O)CO. The van der Waals surface area contributed by atoms with Gasteiger partial charge in [-0.3, -0.25) is 0 Å². The van der Waals surface area contributed by atoms with E-state index in [1.54, 1.807) is 0 Å². The summed E-state index contributed by atoms with van der Waals surface area (Å²) in [7, 11) is 0. The zero-order valence-corrected chi connectivity index (χ0v) is 8.31. The fourth-order valence-corrected chi connectivity index (χ4v) is 1.13. The number of hydrogen-bond donors (Lipinski definition) is 2. The second kappa shape index (κ2) is 5.75. The third-order valence-electron chi connectivity index (χ3n) is 2.04. The average molecular weight is 196 g/mol. The van der Waals surface area contributed by atoms with E-state index >= 15 is 0 Å². The minimum absolute atomic E-state index is 0.171. The second-order valence-electron chi connectivity index (χ2n) is 3.28. The largest absolute Gasteiger partial charge is 0.394 e. The lowest BCUT2D eigenvalue weighted by Gasteiger charge is -2.09. The molecule has 1 atom stereocenters. The summed E-state index contributed by atoms with van der Waals surface area (Å²) in [6.45, 7) is 2.41. The molecule has 0 aliphatic rings. The van der Waals surface area contributed by atoms with Gasteiger partial charge in [0.25, 0.3) is 0 Å². The summed E-state index contributed by atoms with van der Waals surface area (Å²) in [5.74, 6) is 0. The molecule has 0 bridgehead atoms. The summed E-state index contributed by atoms with van der Waals surface area (Å²) in [6.07, 6.45) is -0.779. The zero-order chi connectivity index (χ0) is 10.4. The molecular formula is C11H16O3. The van der Waals surface area contributed by atoms with Crippen molar-refractivity contribution in [3.05, 3.63) is 35.4 Å². The van der Waals surface area contributed by atoms with Crippen LogP contribution in [0.3, 0.4) is 0 Å². The molecule has 3 heteroatoms. The van der Waals surface area contributed by atoms with Crippen molar-refractivity contribution in [2.75, 3.05) is 13.2 Å². The van der Waals surface area contributed by atoms with Gasteiger partial charge < -0.3 is 14.9 Å². The average Bonchev–Trinajstić information content (AvgIpc) is 2.20. The highest BCUT2D eigenvalue weighted by molar-refractivity contribution is 5.24. The molecule has 1 aromatic carbocycles. The summed E-state index contributed by atoms with van der Waals surface area (Å²) in [5, 5.41) is 17.6. The van der Waals surface area contributed by atoms with Crippen molar-refractivity contribution in [1.29, 1.82) is 0 Å². The van der Waals surface area contributed by atoms with Crippen molar-refractivity contribution in [3.8, 4) is 0 Å². The van der Waals surface area contributed by atoms with Gasteiger partial charge >= 0.3 is 0 Å². The molecule has 0 radical (unpaired) electrons. The Labute approximate surface area is 84.0 Å². The van der Waals surface area contributed by atoms with Crippen LogP contribution in [0.15, 0.2) is 24.3 Å². The van der Waals surface area contributed by atoms with Crippen LogP contribution in [0.1, 0.15) is 11.1 Å². The number of aryl methyl sites for hydroxylation is 1. The summed E-state index contributed by atoms with van der Waals surface area (Å²) >= 11 is 0. The molecule has 0 spiro atoms. The van der Waals surface area contributed by atoms with Crippen LogP contribution in [0.25, 0.3) is 0 Å². The highest BCUT2D eigenvalue weighted by Gasteiger charge is 2.02. The van der Waals surface area contributed by atoms with E-state index in [0.717, 1.165) is 5.56 Å². The van der Waals surface area contributed by atoms with Crippen molar-refractivity contribution in [1.82, 2.24) is 0 Å². The van der Waals surface area contributed by atoms with Crippen molar-refractivity contribution in [2.24, 2.45) is 0 Å². The Morgan fingerprint density at radius 3 is 2.71 bits per heavy atom. The van der Waals surface area contributed by atoms with Gasteiger partial charge in [-0.25, -0.2) is 0 Å². The number of aliphatic hydroxyl groups excluding tert-OH is 2. The lowest BCUT2D eigenvalue weighted by atomic mass is 10.1. The molecule has 0 amide bonds. The third-order valence-corrected chi connectivity index (χ3v) is 2.04. The third kappa shape index (κ3) is 3.46. The molecular weight excluding hydrogens is 180 g/mol. The standard InChI is InChI=1S/C11H16O3/c1-9-4-2-3-5-10(9)7-14-8-11(13)6-12/h2-5,11-13H,6-8H2,1H3. The molecule has 0 aliphatic heterocycles. The van der Waals surface area contributed by atoms with Crippen molar-refractivity contribution >= 4 is 0 Å². The molecule has 14 heavy (non-hydrogen) atoms. The molecule has 2 N–H and O–H groups in total. The van der Waals surface area contributed by atoms with Gasteiger partial charge in [0, 0.05) is 0 Å². The molecule has 0 aromatic heterocycles. The van der Waals surface area contributed by atoms with Crippen molar-refractivity contribution in [2.45, 2.75) is 19.6 Å². The van der Waals surface area contributed by atoms with E-state index in [1.807, 2.05) is 31.2 Å². The van der Waals surface area contributed by atoms with Crippen LogP contribution in [0.5, 0.6) is 0 Å². The monoisotopic (exact) mass is 196 g/mol. The minimum Gasteiger partial charge on any atom is -0.394 e. The number of ether oxygens (including phenoxy) is 1. The van der Waals surface area contributed by atoms with Crippen LogP contribution in [-0.4, -0.2) is 29.5 Å². The molecule has 0 saturated carbocycles. The number of hydrogen-bond acceptors (Lipinski definition) is 3. The van der Waals surface area contributed by atoms with Crippen LogP contribution in [-0.2, 0) is 11.3 Å². The minimum atomic E-state index is -0.779. The van der Waals surface area contributed by atoms with Gasteiger partial charge in [-0.15, -0.1) is 0 Å². The van der Waals surface area contributed by atoms with E-state index in [2.05, 4.69) is 0 Å². The van der Waals surface area contributed by atoms with E-state index in [9.17, 15) is 0 Å². The van der Waals surface area contributed by atoms with Gasteiger partial charge in [-0.05, 0) is 18.1 Å². The lowest BCUT2D eigenvalue weighted by molar-refractivity contribution is -0.0000947. The van der Waals surface area contributed by atoms with Crippen LogP contribution < -0.4 is 0 Å². The summed E-state index contributed by atoms with van der Waals surface area (Å²) in [5.41, 5.74) is 2.28. The zero-order valence-electron chi connectivity index (χ0n) is 8.31. The van der Waals surface area contributed by atoms with Crippen molar-refractivity contribution in [3.63, 3.8) is 0 Å². The number of aliphatic hydroxyl groups is 2. The van der Waals surface area contributed by atoms with Gasteiger partial charge in [0.15, 0.2) is 0 Å². The first-order chi connectivity index (χ1) is 6.74. The van der Waals surface area contributed by atoms with Crippen LogP contribution in [0.4, 0.5) is 0 Å². The molecule has 0 aliphatic carbocycles. The number of benzene rings is 1. The molecule has 0 saturated heterocycles. The first kappa shape index (κ1) is 11.2. The van der Waals surface area contributed by atoms with Gasteiger partial charge in [-0.1, -0.05) is 24.3 Å². The Kier molecular flexibility index (Phi) is 4.59. The molecule has 0 heterocycles. The molecule has 1 aromatic rings. The highest BCUT2D eigenvalue weighted by atomic mass is 16.5. The molecule has 3 nitrogen and oxygen atoms in total. The summed E-state index contributed by atoms with van der Waals surface area (Å²) in [6, 6.07) is 7.93. The summed E-state index contributed by atoms with van der Waals surface area (Å²) < 4.78 is 5.24. The maximum atomic E-state index is 9.03. The Bertz CT molecular complexity index is 273. The second-order valence-corrected chi connectivity index (χ2v) is 3.28.